The van der Waals surface area contributed by atoms with Gasteiger partial charge >= 0.3 is 0 Å². The number of benzene rings is 2. The summed E-state index contributed by atoms with van der Waals surface area (Å²) in [6.07, 6.45) is 0. The number of halogens is 1. The summed E-state index contributed by atoms with van der Waals surface area (Å²) < 4.78 is 13.3. The van der Waals surface area contributed by atoms with Gasteiger partial charge in [0.15, 0.2) is 5.69 Å². The van der Waals surface area contributed by atoms with E-state index in [1.165, 1.54) is 12.1 Å². The second kappa shape index (κ2) is 5.39. The van der Waals surface area contributed by atoms with Gasteiger partial charge in [-0.15, -0.1) is 0 Å². The average molecular weight is 310 g/mol. The topological polar surface area (TPSA) is 61.0 Å². The van der Waals surface area contributed by atoms with Gasteiger partial charge in [0.1, 0.15) is 5.82 Å². The van der Waals surface area contributed by atoms with Crippen molar-refractivity contribution in [2.75, 3.05) is 18.4 Å². The number of nitrogens with zero attached hydrogens (tertiary/aromatic N) is 2. The Hall–Kier alpha value is -2.89. The second-order valence-electron chi connectivity index (χ2n) is 5.57. The van der Waals surface area contributed by atoms with Gasteiger partial charge in [-0.2, -0.15) is 5.10 Å². The van der Waals surface area contributed by atoms with Crippen molar-refractivity contribution < 1.29 is 9.18 Å². The minimum atomic E-state index is -0.354. The van der Waals surface area contributed by atoms with Gasteiger partial charge in [-0.3, -0.25) is 9.89 Å². The number of nitrogens with one attached hydrogen (secondary N) is 2. The summed E-state index contributed by atoms with van der Waals surface area (Å²) in [6, 6.07) is 12.2. The summed E-state index contributed by atoms with van der Waals surface area (Å²) in [7, 11) is 0. The average Bonchev–Trinajstić information content (AvgIpc) is 2.84. The van der Waals surface area contributed by atoms with Crippen LogP contribution in [0.3, 0.4) is 0 Å². The number of rotatable bonds is 1. The number of H-pyrrole nitrogens is 1. The SMILES string of the molecule is O=C(c1n[nH]c2cc(F)ccc12)N1CCNc2ccccc2C1. The zero-order chi connectivity index (χ0) is 15.8. The van der Waals surface area contributed by atoms with Crippen LogP contribution in [0.5, 0.6) is 0 Å². The monoisotopic (exact) mass is 310 g/mol. The molecule has 2 N–H and O–H groups in total. The van der Waals surface area contributed by atoms with E-state index in [1.54, 1.807) is 11.0 Å². The van der Waals surface area contributed by atoms with Gasteiger partial charge in [0.05, 0.1) is 5.52 Å². The number of anilines is 1. The van der Waals surface area contributed by atoms with Crippen LogP contribution in [-0.2, 0) is 6.54 Å². The van der Waals surface area contributed by atoms with Crippen molar-refractivity contribution in [3.05, 3.63) is 59.5 Å². The number of amides is 1. The fraction of sp³-hybridized carbons (Fsp3) is 0.176. The fourth-order valence-corrected chi connectivity index (χ4v) is 2.92. The van der Waals surface area contributed by atoms with E-state index in [-0.39, 0.29) is 11.7 Å². The molecule has 6 heteroatoms. The Labute approximate surface area is 132 Å². The molecule has 0 radical (unpaired) electrons. The highest BCUT2D eigenvalue weighted by molar-refractivity contribution is 6.04. The van der Waals surface area contributed by atoms with Crippen molar-refractivity contribution in [3.8, 4) is 0 Å². The smallest absolute Gasteiger partial charge is 0.275 e. The molecule has 0 atom stereocenters. The molecule has 1 aliphatic rings. The first kappa shape index (κ1) is 13.8. The predicted molar refractivity (Wildman–Crippen MR) is 85.7 cm³/mol. The maximum atomic E-state index is 13.3. The van der Waals surface area contributed by atoms with Crippen molar-refractivity contribution in [1.82, 2.24) is 15.1 Å². The van der Waals surface area contributed by atoms with Crippen LogP contribution < -0.4 is 5.32 Å². The Balaban J connectivity index is 1.68. The number of aromatic nitrogens is 2. The summed E-state index contributed by atoms with van der Waals surface area (Å²) in [5.74, 6) is -0.505. The third kappa shape index (κ3) is 2.42. The number of carbonyl (C=O) groups is 1. The summed E-state index contributed by atoms with van der Waals surface area (Å²) >= 11 is 0. The Morgan fingerprint density at radius 1 is 1.22 bits per heavy atom. The first-order valence-corrected chi connectivity index (χ1v) is 7.47. The van der Waals surface area contributed by atoms with Crippen LogP contribution in [-0.4, -0.2) is 34.1 Å². The molecule has 2 aromatic carbocycles. The predicted octanol–water partition coefficient (Wildman–Crippen LogP) is 2.77. The fourth-order valence-electron chi connectivity index (χ4n) is 2.92. The highest BCUT2D eigenvalue weighted by Gasteiger charge is 2.23. The van der Waals surface area contributed by atoms with Crippen molar-refractivity contribution in [1.29, 1.82) is 0 Å². The van der Waals surface area contributed by atoms with E-state index in [2.05, 4.69) is 15.5 Å². The number of hydrogen-bond acceptors (Lipinski definition) is 3. The third-order valence-corrected chi connectivity index (χ3v) is 4.09. The van der Waals surface area contributed by atoms with Crippen molar-refractivity contribution in [2.24, 2.45) is 0 Å². The van der Waals surface area contributed by atoms with Crippen LogP contribution in [0.2, 0.25) is 0 Å². The molecule has 0 bridgehead atoms. The molecule has 23 heavy (non-hydrogen) atoms. The first-order valence-electron chi connectivity index (χ1n) is 7.47. The largest absolute Gasteiger partial charge is 0.383 e. The van der Waals surface area contributed by atoms with Crippen molar-refractivity contribution in [2.45, 2.75) is 6.54 Å². The number of carbonyl (C=O) groups excluding carboxylic acids is 1. The molecule has 1 aromatic heterocycles. The summed E-state index contributed by atoms with van der Waals surface area (Å²) in [4.78, 5) is 14.6. The normalized spacial score (nSPS) is 14.2. The molecule has 2 heterocycles. The van der Waals surface area contributed by atoms with Crippen molar-refractivity contribution >= 4 is 22.5 Å². The summed E-state index contributed by atoms with van der Waals surface area (Å²) in [5.41, 5.74) is 2.99. The molecule has 0 saturated heterocycles. The van der Waals surface area contributed by atoms with E-state index in [0.717, 1.165) is 11.3 Å². The van der Waals surface area contributed by atoms with Crippen LogP contribution in [0.15, 0.2) is 42.5 Å². The molecular formula is C17H15FN4O. The standard InChI is InChI=1S/C17H15FN4O/c18-12-5-6-13-15(9-12)20-21-16(13)17(23)22-8-7-19-14-4-2-1-3-11(14)10-22/h1-6,9,19H,7-8,10H2,(H,20,21). The summed E-state index contributed by atoms with van der Waals surface area (Å²) in [6.45, 7) is 1.79. The molecular weight excluding hydrogens is 295 g/mol. The van der Waals surface area contributed by atoms with Gasteiger partial charge in [-0.05, 0) is 29.8 Å². The molecule has 0 fully saturated rings. The van der Waals surface area contributed by atoms with Crippen LogP contribution >= 0.6 is 0 Å². The van der Waals surface area contributed by atoms with Gasteiger partial charge in [-0.1, -0.05) is 18.2 Å². The van der Waals surface area contributed by atoms with Gasteiger partial charge in [0.25, 0.3) is 5.91 Å². The van der Waals surface area contributed by atoms with Crippen LogP contribution in [0.25, 0.3) is 10.9 Å². The lowest BCUT2D eigenvalue weighted by molar-refractivity contribution is 0.0749. The number of aromatic amines is 1. The minimum absolute atomic E-state index is 0.152. The van der Waals surface area contributed by atoms with E-state index in [1.807, 2.05) is 24.3 Å². The molecule has 116 valence electrons. The molecule has 0 saturated carbocycles. The molecule has 0 spiro atoms. The Morgan fingerprint density at radius 2 is 2.09 bits per heavy atom. The lowest BCUT2D eigenvalue weighted by Gasteiger charge is -2.19. The van der Waals surface area contributed by atoms with Gasteiger partial charge in [0.2, 0.25) is 0 Å². The molecule has 5 nitrogen and oxygen atoms in total. The van der Waals surface area contributed by atoms with E-state index in [0.29, 0.717) is 36.2 Å². The van der Waals surface area contributed by atoms with E-state index in [9.17, 15) is 9.18 Å². The number of fused-ring (bicyclic) bond motifs is 2. The van der Waals surface area contributed by atoms with Gasteiger partial charge in [0, 0.05) is 30.7 Å². The lowest BCUT2D eigenvalue weighted by Crippen LogP contribution is -2.33. The van der Waals surface area contributed by atoms with Gasteiger partial charge < -0.3 is 10.2 Å². The van der Waals surface area contributed by atoms with Crippen LogP contribution in [0, 0.1) is 5.82 Å². The maximum absolute atomic E-state index is 13.3. The van der Waals surface area contributed by atoms with E-state index < -0.39 is 0 Å². The number of para-hydroxylation sites is 1. The molecule has 3 aromatic rings. The number of hydrogen-bond donors (Lipinski definition) is 2. The second-order valence-corrected chi connectivity index (χ2v) is 5.57. The van der Waals surface area contributed by atoms with Gasteiger partial charge in [-0.25, -0.2) is 4.39 Å². The van der Waals surface area contributed by atoms with E-state index >= 15 is 0 Å². The molecule has 0 unspecified atom stereocenters. The zero-order valence-electron chi connectivity index (χ0n) is 12.3. The minimum Gasteiger partial charge on any atom is -0.383 e. The Morgan fingerprint density at radius 3 is 3.00 bits per heavy atom. The van der Waals surface area contributed by atoms with E-state index in [4.69, 9.17) is 0 Å². The zero-order valence-corrected chi connectivity index (χ0v) is 12.3. The highest BCUT2D eigenvalue weighted by Crippen LogP contribution is 2.23. The lowest BCUT2D eigenvalue weighted by atomic mass is 10.1. The van der Waals surface area contributed by atoms with Crippen LogP contribution in [0.4, 0.5) is 10.1 Å². The summed E-state index contributed by atoms with van der Waals surface area (Å²) in [5, 5.41) is 10.8. The molecule has 1 amide bonds. The first-order chi connectivity index (χ1) is 11.2. The highest BCUT2D eigenvalue weighted by atomic mass is 19.1. The van der Waals surface area contributed by atoms with Crippen LogP contribution in [0.1, 0.15) is 16.1 Å². The quantitative estimate of drug-likeness (QED) is 0.726. The maximum Gasteiger partial charge on any atom is 0.275 e. The van der Waals surface area contributed by atoms with Crippen molar-refractivity contribution in [3.63, 3.8) is 0 Å². The third-order valence-electron chi connectivity index (χ3n) is 4.09. The Bertz CT molecular complexity index is 889. The Kier molecular flexibility index (Phi) is 3.22. The molecule has 0 aliphatic carbocycles. The molecule has 1 aliphatic heterocycles. The molecule has 4 rings (SSSR count).